The fourth-order valence-electron chi connectivity index (χ4n) is 2.03. The van der Waals surface area contributed by atoms with Gasteiger partial charge in [0.15, 0.2) is 0 Å². The molecule has 0 aliphatic heterocycles. The zero-order chi connectivity index (χ0) is 11.8. The van der Waals surface area contributed by atoms with Crippen molar-refractivity contribution in [3.8, 4) is 11.3 Å². The first-order valence-electron chi connectivity index (χ1n) is 5.59. The summed E-state index contributed by atoms with van der Waals surface area (Å²) < 4.78 is 0. The zero-order valence-electron chi connectivity index (χ0n) is 9.50. The monoisotopic (exact) mass is 241 g/mol. The normalized spacial score (nSPS) is 10.9. The lowest BCUT2D eigenvalue weighted by Gasteiger charge is -1.99. The summed E-state index contributed by atoms with van der Waals surface area (Å²) in [6, 6.07) is 16.5. The van der Waals surface area contributed by atoms with Gasteiger partial charge in [0.2, 0.25) is 0 Å². The van der Waals surface area contributed by atoms with Crippen LogP contribution in [0, 0.1) is 6.92 Å². The first-order chi connectivity index (χ1) is 8.25. The summed E-state index contributed by atoms with van der Waals surface area (Å²) in [7, 11) is 0. The minimum Gasteiger partial charge on any atom is -0.353 e. The SMILES string of the molecule is Cc1ccc(-c2[nH]c3ccccc3c2Cl)cc1. The molecule has 2 aromatic carbocycles. The van der Waals surface area contributed by atoms with Gasteiger partial charge in [0.05, 0.1) is 10.7 Å². The summed E-state index contributed by atoms with van der Waals surface area (Å²) >= 11 is 6.40. The van der Waals surface area contributed by atoms with Gasteiger partial charge in [0.1, 0.15) is 0 Å². The zero-order valence-corrected chi connectivity index (χ0v) is 10.3. The molecule has 3 rings (SSSR count). The van der Waals surface area contributed by atoms with Crippen LogP contribution in [-0.2, 0) is 0 Å². The smallest absolute Gasteiger partial charge is 0.0740 e. The minimum atomic E-state index is 0.796. The Morgan fingerprint density at radius 3 is 2.35 bits per heavy atom. The molecule has 3 aromatic rings. The second-order valence-corrected chi connectivity index (χ2v) is 4.60. The van der Waals surface area contributed by atoms with Gasteiger partial charge in [-0.2, -0.15) is 0 Å². The number of fused-ring (bicyclic) bond motifs is 1. The van der Waals surface area contributed by atoms with Gasteiger partial charge in [0, 0.05) is 10.9 Å². The molecule has 0 bridgehead atoms. The molecule has 1 N–H and O–H groups in total. The van der Waals surface area contributed by atoms with Gasteiger partial charge >= 0.3 is 0 Å². The minimum absolute atomic E-state index is 0.796. The number of nitrogens with one attached hydrogen (secondary N) is 1. The molecule has 0 radical (unpaired) electrons. The van der Waals surface area contributed by atoms with E-state index < -0.39 is 0 Å². The molecule has 1 heterocycles. The van der Waals surface area contributed by atoms with Crippen molar-refractivity contribution in [3.63, 3.8) is 0 Å². The number of benzene rings is 2. The molecular formula is C15H12ClN. The predicted molar refractivity (Wildman–Crippen MR) is 73.5 cm³/mol. The molecule has 0 fully saturated rings. The second kappa shape index (κ2) is 3.94. The van der Waals surface area contributed by atoms with Gasteiger partial charge in [-0.1, -0.05) is 59.6 Å². The Morgan fingerprint density at radius 2 is 1.65 bits per heavy atom. The molecule has 1 nitrogen and oxygen atoms in total. The van der Waals surface area contributed by atoms with Crippen LogP contribution in [-0.4, -0.2) is 4.98 Å². The van der Waals surface area contributed by atoms with Crippen molar-refractivity contribution in [1.82, 2.24) is 4.98 Å². The van der Waals surface area contributed by atoms with Crippen LogP contribution in [0.2, 0.25) is 5.02 Å². The van der Waals surface area contributed by atoms with Crippen molar-refractivity contribution in [2.24, 2.45) is 0 Å². The molecule has 17 heavy (non-hydrogen) atoms. The molecule has 2 heteroatoms. The van der Waals surface area contributed by atoms with Crippen molar-refractivity contribution in [2.45, 2.75) is 6.92 Å². The quantitative estimate of drug-likeness (QED) is 0.630. The number of hydrogen-bond acceptors (Lipinski definition) is 0. The van der Waals surface area contributed by atoms with Crippen LogP contribution >= 0.6 is 11.6 Å². The maximum atomic E-state index is 6.40. The van der Waals surface area contributed by atoms with Crippen molar-refractivity contribution in [1.29, 1.82) is 0 Å². The van der Waals surface area contributed by atoms with Gasteiger partial charge in [-0.05, 0) is 18.6 Å². The fraction of sp³-hybridized carbons (Fsp3) is 0.0667. The summed E-state index contributed by atoms with van der Waals surface area (Å²) in [6.07, 6.45) is 0. The Kier molecular flexibility index (Phi) is 2.41. The lowest BCUT2D eigenvalue weighted by Crippen LogP contribution is -1.78. The number of rotatable bonds is 1. The molecule has 0 saturated heterocycles. The largest absolute Gasteiger partial charge is 0.353 e. The lowest BCUT2D eigenvalue weighted by molar-refractivity contribution is 1.42. The molecule has 84 valence electrons. The average Bonchev–Trinajstić information content (AvgIpc) is 2.69. The third-order valence-corrected chi connectivity index (χ3v) is 3.38. The van der Waals surface area contributed by atoms with E-state index in [0.29, 0.717) is 0 Å². The molecule has 0 amide bonds. The highest BCUT2D eigenvalue weighted by molar-refractivity contribution is 6.38. The summed E-state index contributed by atoms with van der Waals surface area (Å²) in [4.78, 5) is 3.37. The third kappa shape index (κ3) is 1.73. The highest BCUT2D eigenvalue weighted by Gasteiger charge is 2.10. The molecule has 0 aliphatic carbocycles. The Morgan fingerprint density at radius 1 is 0.941 bits per heavy atom. The molecule has 0 aliphatic rings. The van der Waals surface area contributed by atoms with Crippen LogP contribution in [0.5, 0.6) is 0 Å². The van der Waals surface area contributed by atoms with Crippen LogP contribution in [0.4, 0.5) is 0 Å². The molecule has 0 atom stereocenters. The van der Waals surface area contributed by atoms with Gasteiger partial charge < -0.3 is 4.98 Å². The van der Waals surface area contributed by atoms with Crippen LogP contribution in [0.15, 0.2) is 48.5 Å². The molecule has 0 spiro atoms. The van der Waals surface area contributed by atoms with Crippen LogP contribution < -0.4 is 0 Å². The number of H-pyrrole nitrogens is 1. The van der Waals surface area contributed by atoms with Crippen molar-refractivity contribution in [3.05, 3.63) is 59.1 Å². The highest BCUT2D eigenvalue weighted by Crippen LogP contribution is 2.34. The van der Waals surface area contributed by atoms with E-state index in [-0.39, 0.29) is 0 Å². The van der Waals surface area contributed by atoms with Crippen molar-refractivity contribution < 1.29 is 0 Å². The van der Waals surface area contributed by atoms with Crippen molar-refractivity contribution >= 4 is 22.5 Å². The fourth-order valence-corrected chi connectivity index (χ4v) is 2.35. The standard InChI is InChI=1S/C15H12ClN/c1-10-6-8-11(9-7-10)15-14(16)12-4-2-3-5-13(12)17-15/h2-9,17H,1H3. The number of aryl methyl sites for hydroxylation is 1. The Balaban J connectivity index is 2.24. The van der Waals surface area contributed by atoms with E-state index in [1.807, 2.05) is 24.3 Å². The molecule has 0 unspecified atom stereocenters. The van der Waals surface area contributed by atoms with E-state index in [2.05, 4.69) is 36.2 Å². The number of aromatic nitrogens is 1. The van der Waals surface area contributed by atoms with Gasteiger partial charge in [-0.25, -0.2) is 0 Å². The molecule has 1 aromatic heterocycles. The topological polar surface area (TPSA) is 15.8 Å². The van der Waals surface area contributed by atoms with E-state index >= 15 is 0 Å². The maximum absolute atomic E-state index is 6.40. The third-order valence-electron chi connectivity index (χ3n) is 2.98. The number of hydrogen-bond donors (Lipinski definition) is 1. The highest BCUT2D eigenvalue weighted by atomic mass is 35.5. The first-order valence-corrected chi connectivity index (χ1v) is 5.97. The van der Waals surface area contributed by atoms with Gasteiger partial charge in [-0.3, -0.25) is 0 Å². The lowest BCUT2D eigenvalue weighted by atomic mass is 10.1. The first kappa shape index (κ1) is 10.4. The number of halogens is 1. The predicted octanol–water partition coefficient (Wildman–Crippen LogP) is 4.80. The van der Waals surface area contributed by atoms with E-state index in [1.165, 1.54) is 5.56 Å². The maximum Gasteiger partial charge on any atom is 0.0740 e. The molecule has 0 saturated carbocycles. The van der Waals surface area contributed by atoms with Crippen LogP contribution in [0.1, 0.15) is 5.56 Å². The van der Waals surface area contributed by atoms with E-state index in [0.717, 1.165) is 27.2 Å². The van der Waals surface area contributed by atoms with E-state index in [9.17, 15) is 0 Å². The van der Waals surface area contributed by atoms with Gasteiger partial charge in [-0.15, -0.1) is 0 Å². The number of aromatic amines is 1. The summed E-state index contributed by atoms with van der Waals surface area (Å²) in [5, 5.41) is 1.87. The van der Waals surface area contributed by atoms with E-state index in [4.69, 9.17) is 11.6 Å². The van der Waals surface area contributed by atoms with Crippen LogP contribution in [0.25, 0.3) is 22.2 Å². The Labute approximate surface area is 105 Å². The summed E-state index contributed by atoms with van der Waals surface area (Å²) in [5.74, 6) is 0. The van der Waals surface area contributed by atoms with E-state index in [1.54, 1.807) is 0 Å². The van der Waals surface area contributed by atoms with Gasteiger partial charge in [0.25, 0.3) is 0 Å². The van der Waals surface area contributed by atoms with Crippen molar-refractivity contribution in [2.75, 3.05) is 0 Å². The average molecular weight is 242 g/mol. The second-order valence-electron chi connectivity index (χ2n) is 4.23. The molecular weight excluding hydrogens is 230 g/mol. The number of para-hydroxylation sites is 1. The Hall–Kier alpha value is -1.73. The Bertz CT molecular complexity index is 665. The summed E-state index contributed by atoms with van der Waals surface area (Å²) in [5.41, 5.74) is 4.44. The summed E-state index contributed by atoms with van der Waals surface area (Å²) in [6.45, 7) is 2.08. The van der Waals surface area contributed by atoms with Crippen LogP contribution in [0.3, 0.4) is 0 Å².